The van der Waals surface area contributed by atoms with Crippen LogP contribution >= 0.6 is 0 Å². The fraction of sp³-hybridized carbons (Fsp3) is 0.185. The average molecular weight is 506 g/mol. The van der Waals surface area contributed by atoms with E-state index >= 15 is 0 Å². The van der Waals surface area contributed by atoms with Gasteiger partial charge < -0.3 is 19.4 Å². The molecule has 0 saturated heterocycles. The number of nitrogens with zero attached hydrogens (tertiary/aromatic N) is 1. The van der Waals surface area contributed by atoms with Crippen LogP contribution in [0.25, 0.3) is 22.1 Å². The minimum Gasteiger partial charge on any atom is -0.755 e. The predicted molar refractivity (Wildman–Crippen MR) is 138 cm³/mol. The second-order valence-corrected chi connectivity index (χ2v) is 9.53. The van der Waals surface area contributed by atoms with E-state index in [-0.39, 0.29) is 17.4 Å². The van der Waals surface area contributed by atoms with Gasteiger partial charge in [0, 0.05) is 33.6 Å². The summed E-state index contributed by atoms with van der Waals surface area (Å²) in [6.45, 7) is 5.16. The van der Waals surface area contributed by atoms with Gasteiger partial charge >= 0.3 is 5.97 Å². The first kappa shape index (κ1) is 25.2. The monoisotopic (exact) mass is 505 g/mol. The predicted octanol–water partition coefficient (Wildman–Crippen LogP) is 5.37. The van der Waals surface area contributed by atoms with Crippen molar-refractivity contribution in [2.45, 2.75) is 26.8 Å². The maximum atomic E-state index is 12.8. The van der Waals surface area contributed by atoms with Crippen molar-refractivity contribution in [3.05, 3.63) is 84.1 Å². The first-order valence-corrected chi connectivity index (χ1v) is 12.3. The van der Waals surface area contributed by atoms with Crippen molar-refractivity contribution in [3.63, 3.8) is 0 Å². The zero-order chi connectivity index (χ0) is 26.0. The number of aliphatic carboxylic acids is 1. The molecule has 0 spiro atoms. The van der Waals surface area contributed by atoms with Crippen molar-refractivity contribution in [1.82, 2.24) is 0 Å². The Morgan fingerprint density at radius 2 is 1.56 bits per heavy atom. The molecule has 1 amide bonds. The van der Waals surface area contributed by atoms with Gasteiger partial charge in [0.2, 0.25) is 0 Å². The normalized spacial score (nSPS) is 12.9. The van der Waals surface area contributed by atoms with E-state index in [0.29, 0.717) is 11.3 Å². The molecule has 0 fully saturated rings. The Morgan fingerprint density at radius 3 is 2.08 bits per heavy atom. The Kier molecular flexibility index (Phi) is 7.23. The Balaban J connectivity index is 1.51. The molecule has 4 aromatic rings. The highest BCUT2D eigenvalue weighted by Gasteiger charge is 2.30. The summed E-state index contributed by atoms with van der Waals surface area (Å²) < 4.78 is 30.2. The third-order valence-electron chi connectivity index (χ3n) is 5.95. The molecule has 1 aromatic heterocycles. The lowest BCUT2D eigenvalue weighted by molar-refractivity contribution is -0.139. The summed E-state index contributed by atoms with van der Waals surface area (Å²) in [6.07, 6.45) is 0. The molecule has 9 heteroatoms. The van der Waals surface area contributed by atoms with Crippen LogP contribution in [0, 0.1) is 12.8 Å². The highest BCUT2D eigenvalue weighted by Crippen LogP contribution is 2.29. The van der Waals surface area contributed by atoms with Gasteiger partial charge in [-0.2, -0.15) is 0 Å². The quantitative estimate of drug-likeness (QED) is 0.310. The fourth-order valence-electron chi connectivity index (χ4n) is 4.12. The van der Waals surface area contributed by atoms with Gasteiger partial charge in [-0.05, 0) is 54.3 Å². The second-order valence-electron chi connectivity index (χ2n) is 8.70. The van der Waals surface area contributed by atoms with Gasteiger partial charge in [0.1, 0.15) is 11.6 Å². The summed E-state index contributed by atoms with van der Waals surface area (Å²) in [6, 6.07) is 20.0. The first-order chi connectivity index (χ1) is 17.2. The van der Waals surface area contributed by atoms with E-state index < -0.39 is 29.2 Å². The van der Waals surface area contributed by atoms with E-state index in [4.69, 9.17) is 4.42 Å². The summed E-state index contributed by atoms with van der Waals surface area (Å²) in [5.41, 5.74) is 3.93. The van der Waals surface area contributed by atoms with Crippen LogP contribution in [0.2, 0.25) is 0 Å². The Hall–Kier alpha value is -3.95. The minimum absolute atomic E-state index is 0.261. The molecule has 0 aliphatic carbocycles. The molecule has 0 radical (unpaired) electrons. The SMILES string of the molecule is Cc1c(C(=O)Nc2ccc(-c3ccc(N(C(C(=O)O)C(C)C)S(=O)[O-])cc3)cc2)oc2ccccc12. The van der Waals surface area contributed by atoms with Crippen LogP contribution in [0.15, 0.2) is 77.2 Å². The molecule has 4 rings (SSSR count). The molecular formula is C27H25N2O6S-. The van der Waals surface area contributed by atoms with Gasteiger partial charge in [-0.3, -0.25) is 13.3 Å². The number of para-hydroxylation sites is 1. The van der Waals surface area contributed by atoms with Crippen molar-refractivity contribution in [2.75, 3.05) is 9.62 Å². The topological polar surface area (TPSA) is 123 Å². The number of furan rings is 1. The molecule has 0 bridgehead atoms. The zero-order valence-corrected chi connectivity index (χ0v) is 20.7. The number of rotatable bonds is 8. The number of anilines is 2. The minimum atomic E-state index is -2.75. The number of nitrogens with one attached hydrogen (secondary N) is 1. The number of benzene rings is 3. The molecule has 0 aliphatic heterocycles. The van der Waals surface area contributed by atoms with E-state index in [0.717, 1.165) is 26.4 Å². The Labute approximate surface area is 211 Å². The summed E-state index contributed by atoms with van der Waals surface area (Å²) in [4.78, 5) is 24.4. The van der Waals surface area contributed by atoms with E-state index in [1.54, 1.807) is 50.2 Å². The number of carboxylic acid groups (broad SMARTS) is 1. The Morgan fingerprint density at radius 1 is 0.972 bits per heavy atom. The summed E-state index contributed by atoms with van der Waals surface area (Å²) in [7, 11) is 0. The smallest absolute Gasteiger partial charge is 0.327 e. The molecule has 1 heterocycles. The third kappa shape index (κ3) is 5.02. The number of hydrogen-bond acceptors (Lipinski definition) is 5. The molecule has 0 saturated carbocycles. The van der Waals surface area contributed by atoms with E-state index in [9.17, 15) is 23.5 Å². The van der Waals surface area contributed by atoms with E-state index in [2.05, 4.69) is 5.32 Å². The lowest BCUT2D eigenvalue weighted by atomic mass is 10.0. The highest BCUT2D eigenvalue weighted by molar-refractivity contribution is 7.80. The van der Waals surface area contributed by atoms with E-state index in [1.165, 1.54) is 0 Å². The van der Waals surface area contributed by atoms with Crippen molar-refractivity contribution >= 4 is 45.5 Å². The zero-order valence-electron chi connectivity index (χ0n) is 19.9. The van der Waals surface area contributed by atoms with Crippen LogP contribution in [0.1, 0.15) is 30.0 Å². The third-order valence-corrected chi connectivity index (χ3v) is 6.70. The standard InChI is InChI=1S/C27H26N2O6S/c1-16(2)24(27(31)32)29(36(33)34)21-14-10-19(11-15-21)18-8-12-20(13-9-18)28-26(30)25-17(3)22-6-4-5-7-23(22)35-25/h4-16,24H,1-3H3,(H,28,30)(H,31,32)(H,33,34)/p-1. The average Bonchev–Trinajstić information content (AvgIpc) is 3.19. The van der Waals surface area contributed by atoms with Gasteiger partial charge in [-0.1, -0.05) is 56.3 Å². The number of hydrogen-bond donors (Lipinski definition) is 2. The number of carbonyl (C=O) groups is 2. The maximum absolute atomic E-state index is 12.8. The summed E-state index contributed by atoms with van der Waals surface area (Å²) >= 11 is -2.75. The molecule has 2 unspecified atom stereocenters. The maximum Gasteiger partial charge on any atom is 0.327 e. The molecule has 36 heavy (non-hydrogen) atoms. The fourth-order valence-corrected chi connectivity index (χ4v) is 4.93. The molecule has 3 aromatic carbocycles. The van der Waals surface area contributed by atoms with Crippen molar-refractivity contribution in [2.24, 2.45) is 5.92 Å². The number of carbonyl (C=O) groups excluding carboxylic acids is 1. The van der Waals surface area contributed by atoms with Crippen LogP contribution in [-0.2, 0) is 16.1 Å². The molecule has 0 aliphatic rings. The van der Waals surface area contributed by atoms with Crippen LogP contribution in [0.5, 0.6) is 0 Å². The van der Waals surface area contributed by atoms with Gasteiger partial charge in [0.05, 0.1) is 0 Å². The summed E-state index contributed by atoms with van der Waals surface area (Å²) in [5.74, 6) is -1.72. The highest BCUT2D eigenvalue weighted by atomic mass is 32.2. The van der Waals surface area contributed by atoms with Crippen molar-refractivity contribution in [3.8, 4) is 11.1 Å². The molecule has 2 N–H and O–H groups in total. The van der Waals surface area contributed by atoms with Crippen LogP contribution < -0.4 is 9.62 Å². The van der Waals surface area contributed by atoms with Crippen LogP contribution in [0.3, 0.4) is 0 Å². The number of amides is 1. The molecule has 2 atom stereocenters. The van der Waals surface area contributed by atoms with Gasteiger partial charge in [-0.15, -0.1) is 0 Å². The van der Waals surface area contributed by atoms with Crippen molar-refractivity contribution < 1.29 is 27.9 Å². The number of fused-ring (bicyclic) bond motifs is 1. The van der Waals surface area contributed by atoms with Crippen LogP contribution in [-0.4, -0.2) is 31.8 Å². The Bertz CT molecular complexity index is 1430. The van der Waals surface area contributed by atoms with Gasteiger partial charge in [0.15, 0.2) is 5.76 Å². The van der Waals surface area contributed by atoms with Crippen LogP contribution in [0.4, 0.5) is 11.4 Å². The largest absolute Gasteiger partial charge is 0.755 e. The molecule has 8 nitrogen and oxygen atoms in total. The number of aryl methyl sites for hydroxylation is 1. The van der Waals surface area contributed by atoms with E-state index in [1.807, 2.05) is 43.3 Å². The number of carboxylic acids is 1. The van der Waals surface area contributed by atoms with Gasteiger partial charge in [-0.25, -0.2) is 4.79 Å². The molecule has 186 valence electrons. The lowest BCUT2D eigenvalue weighted by Gasteiger charge is -2.34. The lowest BCUT2D eigenvalue weighted by Crippen LogP contribution is -2.45. The van der Waals surface area contributed by atoms with Crippen molar-refractivity contribution in [1.29, 1.82) is 0 Å². The first-order valence-electron chi connectivity index (χ1n) is 11.3. The second kappa shape index (κ2) is 10.3. The molecular weight excluding hydrogens is 480 g/mol. The summed E-state index contributed by atoms with van der Waals surface area (Å²) in [5, 5.41) is 13.3. The van der Waals surface area contributed by atoms with Gasteiger partial charge in [0.25, 0.3) is 5.91 Å².